The molecular weight excluding hydrogens is 395 g/mol. The average molecular weight is 419 g/mol. The van der Waals surface area contributed by atoms with Gasteiger partial charge in [0.2, 0.25) is 0 Å². The first-order chi connectivity index (χ1) is 14.1. The van der Waals surface area contributed by atoms with Crippen molar-refractivity contribution in [1.82, 2.24) is 4.90 Å². The van der Waals surface area contributed by atoms with Crippen molar-refractivity contribution in [1.29, 1.82) is 0 Å². The predicted molar refractivity (Wildman–Crippen MR) is 111 cm³/mol. The molecule has 5 nitrogen and oxygen atoms in total. The van der Waals surface area contributed by atoms with Gasteiger partial charge in [-0.15, -0.1) is 0 Å². The fraction of sp³-hybridized carbons (Fsp3) is 0.318. The van der Waals surface area contributed by atoms with E-state index in [0.717, 1.165) is 6.07 Å². The van der Waals surface area contributed by atoms with Gasteiger partial charge >= 0.3 is 6.18 Å². The van der Waals surface area contributed by atoms with Crippen molar-refractivity contribution in [2.75, 3.05) is 45.1 Å². The molecule has 0 radical (unpaired) electrons. The lowest BCUT2D eigenvalue weighted by Crippen LogP contribution is -2.46. The minimum atomic E-state index is -4.58. The number of methoxy groups -OCH3 is 1. The Labute approximate surface area is 173 Å². The summed E-state index contributed by atoms with van der Waals surface area (Å²) in [5.41, 5.74) is 0.476. The van der Waals surface area contributed by atoms with E-state index in [1.165, 1.54) is 18.1 Å². The maximum atomic E-state index is 13.9. The molecule has 0 spiro atoms. The van der Waals surface area contributed by atoms with Crippen molar-refractivity contribution >= 4 is 23.0 Å². The normalized spacial score (nSPS) is 16.4. The van der Waals surface area contributed by atoms with Crippen LogP contribution < -0.4 is 9.80 Å². The van der Waals surface area contributed by atoms with Crippen LogP contribution in [0.4, 0.5) is 24.5 Å². The molecule has 0 saturated heterocycles. The molecule has 1 atom stereocenters. The van der Waals surface area contributed by atoms with Crippen molar-refractivity contribution in [2.24, 2.45) is 0 Å². The van der Waals surface area contributed by atoms with Crippen LogP contribution in [-0.2, 0) is 15.7 Å². The van der Waals surface area contributed by atoms with E-state index in [2.05, 4.69) is 0 Å². The van der Waals surface area contributed by atoms with Crippen molar-refractivity contribution in [3.8, 4) is 0 Å². The van der Waals surface area contributed by atoms with E-state index >= 15 is 0 Å². The summed E-state index contributed by atoms with van der Waals surface area (Å²) < 4.78 is 47.3. The number of carbonyl (C=O) groups excluding carboxylic acids is 1. The molecule has 1 unspecified atom stereocenters. The highest BCUT2D eigenvalue weighted by atomic mass is 19.4. The lowest BCUT2D eigenvalue weighted by atomic mass is 9.91. The Morgan fingerprint density at radius 1 is 1.03 bits per heavy atom. The number of hydrogen-bond donors (Lipinski definition) is 0. The highest BCUT2D eigenvalue weighted by molar-refractivity contribution is 6.12. The Balaban J connectivity index is 2.31. The number of hydrogen-bond acceptors (Lipinski definition) is 4. The number of rotatable bonds is 4. The van der Waals surface area contributed by atoms with Crippen LogP contribution in [0.5, 0.6) is 0 Å². The number of amides is 1. The van der Waals surface area contributed by atoms with Crippen LogP contribution in [0.3, 0.4) is 0 Å². The zero-order valence-electron chi connectivity index (χ0n) is 17.5. The van der Waals surface area contributed by atoms with Gasteiger partial charge in [-0.1, -0.05) is 24.3 Å². The molecule has 160 valence electrons. The van der Waals surface area contributed by atoms with E-state index in [0.29, 0.717) is 11.4 Å². The first kappa shape index (κ1) is 21.7. The second-order valence-corrected chi connectivity index (χ2v) is 7.25. The van der Waals surface area contributed by atoms with E-state index in [-0.39, 0.29) is 16.8 Å². The molecule has 0 saturated carbocycles. The number of benzene rings is 2. The number of para-hydroxylation sites is 1. The van der Waals surface area contributed by atoms with Crippen LogP contribution in [0.25, 0.3) is 5.70 Å². The third-order valence-corrected chi connectivity index (χ3v) is 5.17. The van der Waals surface area contributed by atoms with Gasteiger partial charge in [0, 0.05) is 52.2 Å². The van der Waals surface area contributed by atoms with E-state index < -0.39 is 23.9 Å². The Morgan fingerprint density at radius 2 is 1.67 bits per heavy atom. The molecule has 0 fully saturated rings. The number of ether oxygens (including phenoxy) is 1. The second kappa shape index (κ2) is 8.02. The largest absolute Gasteiger partial charge is 0.417 e. The molecule has 0 aliphatic carbocycles. The predicted octanol–water partition coefficient (Wildman–Crippen LogP) is 4.06. The summed E-state index contributed by atoms with van der Waals surface area (Å²) in [6, 6.07) is 12.9. The lowest BCUT2D eigenvalue weighted by Gasteiger charge is -2.41. The van der Waals surface area contributed by atoms with E-state index in [1.807, 2.05) is 6.07 Å². The Hall–Kier alpha value is -3.00. The molecule has 0 bridgehead atoms. The van der Waals surface area contributed by atoms with Gasteiger partial charge in [0.15, 0.2) is 6.23 Å². The molecule has 1 aliphatic rings. The molecule has 3 rings (SSSR count). The number of likely N-dealkylation sites (N-methyl/N-ethyl adjacent to an activating group) is 2. The summed E-state index contributed by atoms with van der Waals surface area (Å²) in [6.07, 6.45) is -5.43. The summed E-state index contributed by atoms with van der Waals surface area (Å²) in [7, 11) is 7.90. The van der Waals surface area contributed by atoms with Gasteiger partial charge in [-0.3, -0.25) is 4.79 Å². The monoisotopic (exact) mass is 419 g/mol. The van der Waals surface area contributed by atoms with Crippen LogP contribution >= 0.6 is 0 Å². The van der Waals surface area contributed by atoms with Gasteiger partial charge in [-0.05, 0) is 24.3 Å². The van der Waals surface area contributed by atoms with E-state index in [1.54, 1.807) is 68.3 Å². The SMILES string of the molecule is COC1C(C(=O)N(C)c2ccccc2)=C(N(C)C)c2c(cccc2C(F)(F)F)N1C. The molecule has 30 heavy (non-hydrogen) atoms. The quantitative estimate of drug-likeness (QED) is 0.749. The van der Waals surface area contributed by atoms with Gasteiger partial charge in [0.25, 0.3) is 5.91 Å². The van der Waals surface area contributed by atoms with Gasteiger partial charge in [-0.25, -0.2) is 0 Å². The summed E-state index contributed by atoms with van der Waals surface area (Å²) in [5.74, 6) is -0.439. The minimum absolute atomic E-state index is 0.0318. The van der Waals surface area contributed by atoms with Gasteiger partial charge in [0.05, 0.1) is 16.8 Å². The lowest BCUT2D eigenvalue weighted by molar-refractivity contribution is -0.137. The number of alkyl halides is 3. The number of carbonyl (C=O) groups is 1. The van der Waals surface area contributed by atoms with Gasteiger partial charge < -0.3 is 19.4 Å². The number of nitrogens with zero attached hydrogens (tertiary/aromatic N) is 3. The summed E-state index contributed by atoms with van der Waals surface area (Å²) in [5, 5.41) is 0. The fourth-order valence-corrected chi connectivity index (χ4v) is 3.79. The van der Waals surface area contributed by atoms with Crippen molar-refractivity contribution < 1.29 is 22.7 Å². The minimum Gasteiger partial charge on any atom is -0.377 e. The van der Waals surface area contributed by atoms with E-state index in [4.69, 9.17) is 4.74 Å². The van der Waals surface area contributed by atoms with Crippen LogP contribution in [0.2, 0.25) is 0 Å². The first-order valence-electron chi connectivity index (χ1n) is 9.30. The van der Waals surface area contributed by atoms with Gasteiger partial charge in [-0.2, -0.15) is 13.2 Å². The van der Waals surface area contributed by atoms with E-state index in [9.17, 15) is 18.0 Å². The third-order valence-electron chi connectivity index (χ3n) is 5.17. The molecule has 2 aromatic rings. The Bertz CT molecular complexity index is 971. The van der Waals surface area contributed by atoms with Gasteiger partial charge in [0.1, 0.15) is 0 Å². The molecule has 1 heterocycles. The zero-order chi connectivity index (χ0) is 22.2. The van der Waals surface area contributed by atoms with Crippen LogP contribution in [0, 0.1) is 0 Å². The maximum Gasteiger partial charge on any atom is 0.417 e. The van der Waals surface area contributed by atoms with Crippen molar-refractivity contribution in [2.45, 2.75) is 12.4 Å². The highest BCUT2D eigenvalue weighted by Gasteiger charge is 2.43. The molecule has 0 N–H and O–H groups in total. The Kier molecular flexibility index (Phi) is 5.81. The smallest absolute Gasteiger partial charge is 0.377 e. The first-order valence-corrected chi connectivity index (χ1v) is 9.30. The fourth-order valence-electron chi connectivity index (χ4n) is 3.79. The molecule has 1 amide bonds. The topological polar surface area (TPSA) is 36.0 Å². The second-order valence-electron chi connectivity index (χ2n) is 7.25. The van der Waals surface area contributed by atoms with Crippen molar-refractivity contribution in [3.05, 3.63) is 65.2 Å². The number of halogens is 3. The zero-order valence-corrected chi connectivity index (χ0v) is 17.5. The number of anilines is 2. The average Bonchev–Trinajstić information content (AvgIpc) is 2.71. The standard InChI is InChI=1S/C22H24F3N3O2/c1-26(2)19-17-15(22(23,24)25)12-9-13-16(17)28(4)21(30-5)18(19)20(29)27(3)14-10-7-6-8-11-14/h6-13,21H,1-5H3. The summed E-state index contributed by atoms with van der Waals surface area (Å²) >= 11 is 0. The molecule has 8 heteroatoms. The molecule has 2 aromatic carbocycles. The summed E-state index contributed by atoms with van der Waals surface area (Å²) in [4.78, 5) is 18.1. The Morgan fingerprint density at radius 3 is 2.20 bits per heavy atom. The molecular formula is C22H24F3N3O2. The number of fused-ring (bicyclic) bond motifs is 1. The molecule has 0 aromatic heterocycles. The highest BCUT2D eigenvalue weighted by Crippen LogP contribution is 2.45. The third kappa shape index (κ3) is 3.63. The summed E-state index contributed by atoms with van der Waals surface area (Å²) in [6.45, 7) is 0. The maximum absolute atomic E-state index is 13.9. The van der Waals surface area contributed by atoms with Crippen LogP contribution in [0.15, 0.2) is 54.1 Å². The molecule has 1 aliphatic heterocycles. The van der Waals surface area contributed by atoms with Crippen LogP contribution in [-0.4, -0.2) is 52.3 Å². The van der Waals surface area contributed by atoms with Crippen LogP contribution in [0.1, 0.15) is 11.1 Å². The van der Waals surface area contributed by atoms with Crippen molar-refractivity contribution in [3.63, 3.8) is 0 Å².